The van der Waals surface area contributed by atoms with Crippen LogP contribution in [0, 0.1) is 5.82 Å². The Kier molecular flexibility index (Phi) is 4.17. The van der Waals surface area contributed by atoms with Crippen LogP contribution in [0.1, 0.15) is 17.2 Å². The van der Waals surface area contributed by atoms with Crippen LogP contribution in [0.3, 0.4) is 0 Å². The highest BCUT2D eigenvalue weighted by atomic mass is 19.1. The van der Waals surface area contributed by atoms with Gasteiger partial charge in [0.15, 0.2) is 0 Å². The fourth-order valence-electron chi connectivity index (χ4n) is 2.19. The van der Waals surface area contributed by atoms with E-state index < -0.39 is 0 Å². The van der Waals surface area contributed by atoms with Gasteiger partial charge in [-0.15, -0.1) is 0 Å². The lowest BCUT2D eigenvalue weighted by Crippen LogP contribution is -2.19. The van der Waals surface area contributed by atoms with Gasteiger partial charge in [0.25, 0.3) is 0 Å². The topological polar surface area (TPSA) is 15.3 Å². The summed E-state index contributed by atoms with van der Waals surface area (Å²) in [6, 6.07) is 14.9. The Balaban J connectivity index is 2.43. The van der Waals surface area contributed by atoms with Gasteiger partial charge in [-0.05, 0) is 30.8 Å². The Morgan fingerprint density at radius 2 is 1.79 bits per heavy atom. The molecule has 1 atom stereocenters. The third-order valence-corrected chi connectivity index (χ3v) is 3.22. The van der Waals surface area contributed by atoms with Crippen LogP contribution < -0.4 is 10.2 Å². The summed E-state index contributed by atoms with van der Waals surface area (Å²) in [5.74, 6) is -0.183. The van der Waals surface area contributed by atoms with Crippen molar-refractivity contribution < 1.29 is 4.39 Å². The Hall–Kier alpha value is -1.87. The predicted molar refractivity (Wildman–Crippen MR) is 78.1 cm³/mol. The maximum atomic E-state index is 13.9. The molecule has 0 aliphatic heterocycles. The number of halogens is 1. The summed E-state index contributed by atoms with van der Waals surface area (Å²) < 4.78 is 13.9. The fourth-order valence-corrected chi connectivity index (χ4v) is 2.19. The van der Waals surface area contributed by atoms with Crippen molar-refractivity contribution in [2.75, 3.05) is 26.0 Å². The standard InChI is InChI=1S/C16H19FN2/c1-18-16(14-9-4-5-10-15(14)17)12-7-6-8-13(11-12)19(2)3/h4-11,16,18H,1-3H3. The van der Waals surface area contributed by atoms with Crippen LogP contribution in [0.25, 0.3) is 0 Å². The van der Waals surface area contributed by atoms with Crippen LogP contribution in [0.2, 0.25) is 0 Å². The minimum Gasteiger partial charge on any atom is -0.378 e. The molecule has 2 aromatic rings. The van der Waals surface area contributed by atoms with Gasteiger partial charge in [-0.1, -0.05) is 30.3 Å². The van der Waals surface area contributed by atoms with Gasteiger partial charge in [0.2, 0.25) is 0 Å². The first-order chi connectivity index (χ1) is 9.13. The van der Waals surface area contributed by atoms with Crippen molar-refractivity contribution in [2.24, 2.45) is 0 Å². The van der Waals surface area contributed by atoms with E-state index in [0.29, 0.717) is 5.56 Å². The molecule has 0 radical (unpaired) electrons. The second-order valence-corrected chi connectivity index (χ2v) is 4.73. The average molecular weight is 258 g/mol. The minimum atomic E-state index is -0.183. The van der Waals surface area contributed by atoms with Crippen molar-refractivity contribution in [1.29, 1.82) is 0 Å². The van der Waals surface area contributed by atoms with Crippen molar-refractivity contribution in [3.63, 3.8) is 0 Å². The molecule has 1 N–H and O–H groups in total. The summed E-state index contributed by atoms with van der Waals surface area (Å²) in [7, 11) is 5.84. The Morgan fingerprint density at radius 3 is 2.42 bits per heavy atom. The zero-order chi connectivity index (χ0) is 13.8. The number of rotatable bonds is 4. The molecule has 100 valence electrons. The molecule has 0 fully saturated rings. The van der Waals surface area contributed by atoms with Crippen LogP contribution in [0.4, 0.5) is 10.1 Å². The molecule has 2 nitrogen and oxygen atoms in total. The lowest BCUT2D eigenvalue weighted by atomic mass is 9.98. The molecule has 0 heterocycles. The van der Waals surface area contributed by atoms with E-state index in [1.807, 2.05) is 56.4 Å². The zero-order valence-electron chi connectivity index (χ0n) is 11.5. The van der Waals surface area contributed by atoms with Gasteiger partial charge >= 0.3 is 0 Å². The van der Waals surface area contributed by atoms with Crippen LogP contribution in [0.5, 0.6) is 0 Å². The van der Waals surface area contributed by atoms with E-state index in [4.69, 9.17) is 0 Å². The van der Waals surface area contributed by atoms with Crippen LogP contribution >= 0.6 is 0 Å². The van der Waals surface area contributed by atoms with Crippen molar-refractivity contribution >= 4 is 5.69 Å². The maximum Gasteiger partial charge on any atom is 0.128 e. The summed E-state index contributed by atoms with van der Waals surface area (Å²) >= 11 is 0. The van der Waals surface area contributed by atoms with Gasteiger partial charge in [0.05, 0.1) is 6.04 Å². The van der Waals surface area contributed by atoms with E-state index in [1.165, 1.54) is 6.07 Å². The fraction of sp³-hybridized carbons (Fsp3) is 0.250. The molecule has 19 heavy (non-hydrogen) atoms. The molecule has 0 amide bonds. The number of anilines is 1. The SMILES string of the molecule is CNC(c1cccc(N(C)C)c1)c1ccccc1F. The van der Waals surface area contributed by atoms with Gasteiger partial charge in [-0.2, -0.15) is 0 Å². The lowest BCUT2D eigenvalue weighted by molar-refractivity contribution is 0.576. The molecule has 0 bridgehead atoms. The van der Waals surface area contributed by atoms with Crippen molar-refractivity contribution in [2.45, 2.75) is 6.04 Å². The molecule has 1 unspecified atom stereocenters. The summed E-state index contributed by atoms with van der Waals surface area (Å²) in [5, 5.41) is 3.18. The van der Waals surface area contributed by atoms with Gasteiger partial charge in [0, 0.05) is 25.3 Å². The normalized spacial score (nSPS) is 12.2. The number of hydrogen-bond donors (Lipinski definition) is 1. The van der Waals surface area contributed by atoms with Crippen LogP contribution in [-0.2, 0) is 0 Å². The lowest BCUT2D eigenvalue weighted by Gasteiger charge is -2.20. The average Bonchev–Trinajstić information content (AvgIpc) is 2.42. The zero-order valence-corrected chi connectivity index (χ0v) is 11.5. The largest absolute Gasteiger partial charge is 0.378 e. The van der Waals surface area contributed by atoms with E-state index in [0.717, 1.165) is 11.3 Å². The maximum absolute atomic E-state index is 13.9. The molecule has 2 aromatic carbocycles. The Morgan fingerprint density at radius 1 is 1.05 bits per heavy atom. The number of nitrogens with one attached hydrogen (secondary N) is 1. The van der Waals surface area contributed by atoms with E-state index in [1.54, 1.807) is 6.07 Å². The Bertz CT molecular complexity index is 552. The summed E-state index contributed by atoms with van der Waals surface area (Å²) in [6.45, 7) is 0. The highest BCUT2D eigenvalue weighted by Crippen LogP contribution is 2.26. The summed E-state index contributed by atoms with van der Waals surface area (Å²) in [4.78, 5) is 2.04. The van der Waals surface area contributed by atoms with Crippen molar-refractivity contribution in [1.82, 2.24) is 5.32 Å². The Labute approximate surface area is 113 Å². The molecule has 3 heteroatoms. The highest BCUT2D eigenvalue weighted by Gasteiger charge is 2.16. The van der Waals surface area contributed by atoms with E-state index >= 15 is 0 Å². The highest BCUT2D eigenvalue weighted by molar-refractivity contribution is 5.49. The molecule has 0 spiro atoms. The first kappa shape index (κ1) is 13.6. The molecule has 0 aliphatic rings. The number of hydrogen-bond acceptors (Lipinski definition) is 2. The van der Waals surface area contributed by atoms with Crippen molar-refractivity contribution in [3.8, 4) is 0 Å². The third-order valence-electron chi connectivity index (χ3n) is 3.22. The van der Waals surface area contributed by atoms with E-state index in [-0.39, 0.29) is 11.9 Å². The minimum absolute atomic E-state index is 0.138. The van der Waals surface area contributed by atoms with Crippen molar-refractivity contribution in [3.05, 3.63) is 65.5 Å². The smallest absolute Gasteiger partial charge is 0.128 e. The quantitative estimate of drug-likeness (QED) is 0.906. The second-order valence-electron chi connectivity index (χ2n) is 4.73. The summed E-state index contributed by atoms with van der Waals surface area (Å²) in [5.41, 5.74) is 2.83. The van der Waals surface area contributed by atoms with Gasteiger partial charge in [-0.25, -0.2) is 4.39 Å². The van der Waals surface area contributed by atoms with Crippen LogP contribution in [-0.4, -0.2) is 21.1 Å². The van der Waals surface area contributed by atoms with E-state index in [2.05, 4.69) is 11.4 Å². The molecular formula is C16H19FN2. The molecular weight excluding hydrogens is 239 g/mol. The van der Waals surface area contributed by atoms with Gasteiger partial charge < -0.3 is 10.2 Å². The first-order valence-electron chi connectivity index (χ1n) is 6.32. The van der Waals surface area contributed by atoms with Gasteiger partial charge in [0.1, 0.15) is 5.82 Å². The molecule has 0 saturated heterocycles. The van der Waals surface area contributed by atoms with Gasteiger partial charge in [-0.3, -0.25) is 0 Å². The first-order valence-corrected chi connectivity index (χ1v) is 6.32. The summed E-state index contributed by atoms with van der Waals surface area (Å²) in [6.07, 6.45) is 0. The third kappa shape index (κ3) is 2.93. The molecule has 0 aromatic heterocycles. The predicted octanol–water partition coefficient (Wildman–Crippen LogP) is 3.20. The number of benzene rings is 2. The number of nitrogens with zero attached hydrogens (tertiary/aromatic N) is 1. The monoisotopic (exact) mass is 258 g/mol. The van der Waals surface area contributed by atoms with E-state index in [9.17, 15) is 4.39 Å². The molecule has 2 rings (SSSR count). The van der Waals surface area contributed by atoms with Crippen LogP contribution in [0.15, 0.2) is 48.5 Å². The molecule has 0 saturated carbocycles. The second kappa shape index (κ2) is 5.85. The molecule has 0 aliphatic carbocycles.